The van der Waals surface area contributed by atoms with Crippen molar-refractivity contribution in [3.63, 3.8) is 0 Å². The Balaban J connectivity index is 2.20. The molecule has 1 N–H and O–H groups in total. The third-order valence-corrected chi connectivity index (χ3v) is 6.65. The van der Waals surface area contributed by atoms with E-state index >= 15 is 0 Å². The lowest BCUT2D eigenvalue weighted by Crippen LogP contribution is -2.54. The molecule has 0 aromatic carbocycles. The molecule has 0 aliphatic heterocycles. The van der Waals surface area contributed by atoms with E-state index in [9.17, 15) is 9.59 Å². The second kappa shape index (κ2) is 11.7. The minimum Gasteiger partial charge on any atom is -0.467 e. The third-order valence-electron chi connectivity index (χ3n) is 6.65. The first-order valence-corrected chi connectivity index (χ1v) is 11.2. The summed E-state index contributed by atoms with van der Waals surface area (Å²) in [5.41, 5.74) is 0. The summed E-state index contributed by atoms with van der Waals surface area (Å²) >= 11 is 0. The zero-order valence-corrected chi connectivity index (χ0v) is 17.7. The molecule has 0 bridgehead atoms. The Morgan fingerprint density at radius 3 is 2.04 bits per heavy atom. The van der Waals surface area contributed by atoms with Crippen molar-refractivity contribution < 1.29 is 14.3 Å². The van der Waals surface area contributed by atoms with E-state index in [4.69, 9.17) is 4.74 Å². The number of amides is 1. The van der Waals surface area contributed by atoms with Gasteiger partial charge in [0.1, 0.15) is 6.04 Å². The van der Waals surface area contributed by atoms with Crippen LogP contribution in [0.15, 0.2) is 0 Å². The van der Waals surface area contributed by atoms with Crippen LogP contribution >= 0.6 is 0 Å². The van der Waals surface area contributed by atoms with Gasteiger partial charge in [0.15, 0.2) is 0 Å². The molecule has 0 aromatic rings. The van der Waals surface area contributed by atoms with Crippen LogP contribution in [0.3, 0.4) is 0 Å². The van der Waals surface area contributed by atoms with Crippen molar-refractivity contribution in [2.75, 3.05) is 20.7 Å². The molecule has 0 aromatic heterocycles. The first-order valence-electron chi connectivity index (χ1n) is 11.2. The zero-order chi connectivity index (χ0) is 19.6. The maximum atomic E-state index is 13.3. The maximum Gasteiger partial charge on any atom is 0.328 e. The molecule has 0 radical (unpaired) electrons. The van der Waals surface area contributed by atoms with Crippen LogP contribution in [-0.2, 0) is 14.3 Å². The topological polar surface area (TPSA) is 58.6 Å². The van der Waals surface area contributed by atoms with Crippen molar-refractivity contribution in [3.05, 3.63) is 0 Å². The van der Waals surface area contributed by atoms with E-state index in [0.29, 0.717) is 18.4 Å². The zero-order valence-electron chi connectivity index (χ0n) is 17.7. The Hall–Kier alpha value is -1.10. The molecule has 156 valence electrons. The number of methoxy groups -OCH3 is 1. The maximum absolute atomic E-state index is 13.3. The minimum absolute atomic E-state index is 0.0665. The number of hydrogen-bond acceptors (Lipinski definition) is 4. The molecular weight excluding hydrogens is 340 g/mol. The summed E-state index contributed by atoms with van der Waals surface area (Å²) in [5.74, 6) is 0.863. The minimum atomic E-state index is -0.435. The second-order valence-corrected chi connectivity index (χ2v) is 8.52. The van der Waals surface area contributed by atoms with Crippen LogP contribution < -0.4 is 5.32 Å². The highest BCUT2D eigenvalue weighted by molar-refractivity contribution is 5.87. The summed E-state index contributed by atoms with van der Waals surface area (Å²) in [6.07, 6.45) is 13.7. The quantitative estimate of drug-likeness (QED) is 0.616. The molecule has 1 amide bonds. The lowest BCUT2D eigenvalue weighted by molar-refractivity contribution is -0.155. The summed E-state index contributed by atoms with van der Waals surface area (Å²) in [6, 6.07) is -0.665. The molecule has 2 saturated carbocycles. The molecule has 2 aliphatic carbocycles. The first kappa shape index (κ1) is 22.2. The van der Waals surface area contributed by atoms with Gasteiger partial charge in [-0.25, -0.2) is 4.79 Å². The van der Waals surface area contributed by atoms with Gasteiger partial charge in [0, 0.05) is 6.54 Å². The highest BCUT2D eigenvalue weighted by Gasteiger charge is 2.36. The summed E-state index contributed by atoms with van der Waals surface area (Å²) in [7, 11) is 3.29. The molecule has 2 rings (SSSR count). The monoisotopic (exact) mass is 380 g/mol. The Kier molecular flexibility index (Phi) is 9.60. The molecule has 0 saturated heterocycles. The van der Waals surface area contributed by atoms with Crippen LogP contribution in [0.4, 0.5) is 0 Å². The predicted octanol–water partition coefficient (Wildman–Crippen LogP) is 3.91. The highest BCUT2D eigenvalue weighted by atomic mass is 16.5. The molecule has 2 atom stereocenters. The number of carbonyl (C=O) groups is 2. The second-order valence-electron chi connectivity index (χ2n) is 8.52. The Bertz CT molecular complexity index is 452. The van der Waals surface area contributed by atoms with Gasteiger partial charge in [-0.1, -0.05) is 58.3 Å². The first-order chi connectivity index (χ1) is 13.1. The highest BCUT2D eigenvalue weighted by Crippen LogP contribution is 2.31. The van der Waals surface area contributed by atoms with Crippen molar-refractivity contribution in [1.29, 1.82) is 0 Å². The predicted molar refractivity (Wildman–Crippen MR) is 108 cm³/mol. The van der Waals surface area contributed by atoms with Gasteiger partial charge in [-0.2, -0.15) is 0 Å². The van der Waals surface area contributed by atoms with E-state index in [0.717, 1.165) is 25.7 Å². The van der Waals surface area contributed by atoms with Gasteiger partial charge in [0.05, 0.1) is 13.2 Å². The SMILES string of the molecule is CCC(NC)C(=O)N(CC1CCCCC1)C(CC1CCCCC1)C(=O)OC. The summed E-state index contributed by atoms with van der Waals surface area (Å²) < 4.78 is 5.17. The fourth-order valence-corrected chi connectivity index (χ4v) is 4.95. The van der Waals surface area contributed by atoms with E-state index < -0.39 is 6.04 Å². The fraction of sp³-hybridized carbons (Fsp3) is 0.909. The average Bonchev–Trinajstić information content (AvgIpc) is 2.72. The molecule has 2 unspecified atom stereocenters. The molecule has 2 fully saturated rings. The number of nitrogens with zero attached hydrogens (tertiary/aromatic N) is 1. The van der Waals surface area contributed by atoms with Gasteiger partial charge >= 0.3 is 5.97 Å². The molecular formula is C22H40N2O3. The molecule has 0 heterocycles. The normalized spacial score (nSPS) is 21.4. The smallest absolute Gasteiger partial charge is 0.328 e. The van der Waals surface area contributed by atoms with Crippen LogP contribution in [0.5, 0.6) is 0 Å². The van der Waals surface area contributed by atoms with Crippen LogP contribution in [0, 0.1) is 11.8 Å². The van der Waals surface area contributed by atoms with E-state index in [1.54, 1.807) is 0 Å². The Morgan fingerprint density at radius 2 is 1.56 bits per heavy atom. The summed E-state index contributed by atoms with van der Waals surface area (Å²) in [4.78, 5) is 28.0. The fourth-order valence-electron chi connectivity index (χ4n) is 4.95. The summed E-state index contributed by atoms with van der Waals surface area (Å²) in [6.45, 7) is 2.72. The number of nitrogens with one attached hydrogen (secondary N) is 1. The van der Waals surface area contributed by atoms with E-state index in [2.05, 4.69) is 5.32 Å². The van der Waals surface area contributed by atoms with Gasteiger partial charge in [-0.3, -0.25) is 4.79 Å². The van der Waals surface area contributed by atoms with Crippen molar-refractivity contribution in [3.8, 4) is 0 Å². The van der Waals surface area contributed by atoms with Gasteiger partial charge in [-0.05, 0) is 44.6 Å². The number of rotatable bonds is 9. The Labute approximate surface area is 165 Å². The summed E-state index contributed by atoms with van der Waals surface area (Å²) in [5, 5.41) is 3.14. The lowest BCUT2D eigenvalue weighted by Gasteiger charge is -2.38. The molecule has 2 aliphatic rings. The number of likely N-dealkylation sites (N-methyl/N-ethyl adjacent to an activating group) is 1. The van der Waals surface area contributed by atoms with E-state index in [1.807, 2.05) is 18.9 Å². The van der Waals surface area contributed by atoms with Gasteiger partial charge in [-0.15, -0.1) is 0 Å². The number of ether oxygens (including phenoxy) is 1. The van der Waals surface area contributed by atoms with Crippen LogP contribution in [-0.4, -0.2) is 49.6 Å². The largest absolute Gasteiger partial charge is 0.467 e. The molecule has 5 heteroatoms. The molecule has 27 heavy (non-hydrogen) atoms. The number of carbonyl (C=O) groups excluding carboxylic acids is 2. The number of hydrogen-bond donors (Lipinski definition) is 1. The van der Waals surface area contributed by atoms with Crippen LogP contribution in [0.25, 0.3) is 0 Å². The van der Waals surface area contributed by atoms with Crippen molar-refractivity contribution in [1.82, 2.24) is 10.2 Å². The standard InChI is InChI=1S/C22H40N2O3/c1-4-19(23-2)21(25)24(16-18-13-9-6-10-14-18)20(22(26)27-3)15-17-11-7-5-8-12-17/h17-20,23H,4-16H2,1-3H3. The average molecular weight is 381 g/mol. The lowest BCUT2D eigenvalue weighted by atomic mass is 9.83. The number of esters is 1. The van der Waals surface area contributed by atoms with Gasteiger partial charge in [0.2, 0.25) is 5.91 Å². The Morgan fingerprint density at radius 1 is 1.00 bits per heavy atom. The van der Waals surface area contributed by atoms with E-state index in [-0.39, 0.29) is 17.9 Å². The molecule has 0 spiro atoms. The van der Waals surface area contributed by atoms with Crippen LogP contribution in [0.1, 0.15) is 84.0 Å². The van der Waals surface area contributed by atoms with Gasteiger partial charge < -0.3 is 15.0 Å². The van der Waals surface area contributed by atoms with Crippen molar-refractivity contribution in [2.24, 2.45) is 11.8 Å². The third kappa shape index (κ3) is 6.48. The van der Waals surface area contributed by atoms with Crippen molar-refractivity contribution >= 4 is 11.9 Å². The van der Waals surface area contributed by atoms with Crippen LogP contribution in [0.2, 0.25) is 0 Å². The van der Waals surface area contributed by atoms with Crippen molar-refractivity contribution in [2.45, 2.75) is 96.1 Å². The van der Waals surface area contributed by atoms with E-state index in [1.165, 1.54) is 58.5 Å². The van der Waals surface area contributed by atoms with Gasteiger partial charge in [0.25, 0.3) is 0 Å². The molecule has 5 nitrogen and oxygen atoms in total.